The van der Waals surface area contributed by atoms with E-state index in [0.717, 1.165) is 56.2 Å². The second-order valence-electron chi connectivity index (χ2n) is 7.02. The highest BCUT2D eigenvalue weighted by molar-refractivity contribution is 5.63. The number of anilines is 4. The maximum Gasteiger partial charge on any atom is 0.230 e. The second-order valence-corrected chi connectivity index (χ2v) is 7.02. The summed E-state index contributed by atoms with van der Waals surface area (Å²) < 4.78 is 5.41. The van der Waals surface area contributed by atoms with Crippen LogP contribution >= 0.6 is 0 Å². The van der Waals surface area contributed by atoms with Crippen LogP contribution in [0.3, 0.4) is 0 Å². The Morgan fingerprint density at radius 2 is 1.90 bits per heavy atom. The van der Waals surface area contributed by atoms with Crippen molar-refractivity contribution in [2.24, 2.45) is 5.90 Å². The molecule has 1 aromatic carbocycles. The van der Waals surface area contributed by atoms with Gasteiger partial charge in [0, 0.05) is 49.0 Å². The van der Waals surface area contributed by atoms with Gasteiger partial charge in [0.15, 0.2) is 5.82 Å². The van der Waals surface area contributed by atoms with Gasteiger partial charge in [-0.1, -0.05) is 0 Å². The normalized spacial score (nSPS) is 13.8. The molecule has 0 unspecified atom stereocenters. The van der Waals surface area contributed by atoms with Crippen molar-refractivity contribution in [2.75, 3.05) is 55.0 Å². The summed E-state index contributed by atoms with van der Waals surface area (Å²) in [6.07, 6.45) is 5.77. The number of aromatic nitrogens is 4. The largest absolute Gasteiger partial charge is 0.384 e. The van der Waals surface area contributed by atoms with Crippen molar-refractivity contribution < 1.29 is 9.57 Å². The molecule has 0 atom stereocenters. The number of rotatable bonds is 9. The van der Waals surface area contributed by atoms with Gasteiger partial charge in [-0.2, -0.15) is 4.98 Å². The van der Waals surface area contributed by atoms with Crippen LogP contribution in [0.4, 0.5) is 23.0 Å². The monoisotopic (exact) mass is 422 g/mol. The van der Waals surface area contributed by atoms with E-state index in [1.165, 1.54) is 12.0 Å². The molecule has 3 aromatic rings. The first-order valence-electron chi connectivity index (χ1n) is 10.2. The molecule has 3 heterocycles. The lowest BCUT2D eigenvalue weighted by molar-refractivity contribution is 0.122. The van der Waals surface area contributed by atoms with Gasteiger partial charge in [0.2, 0.25) is 5.95 Å². The zero-order chi connectivity index (χ0) is 21.3. The Morgan fingerprint density at radius 1 is 1.06 bits per heavy atom. The summed E-state index contributed by atoms with van der Waals surface area (Å²) in [6, 6.07) is 10.2. The molecule has 0 spiro atoms. The molecule has 1 saturated heterocycles. The summed E-state index contributed by atoms with van der Waals surface area (Å²) in [7, 11) is 0. The first kappa shape index (κ1) is 20.9. The molecular weight excluding hydrogens is 396 g/mol. The highest BCUT2D eigenvalue weighted by Crippen LogP contribution is 2.22. The molecule has 0 aliphatic carbocycles. The minimum atomic E-state index is 0.475. The number of pyridine rings is 1. The standard InChI is InChI=1S/C21H26N8O2/c22-31-9-1-6-24-18-12-16(13-23-14-18)20-25-15-26-21(28-20)27-17-2-4-19(5-3-17)29-7-10-30-11-8-29/h2-5,12-15,24H,1,6-11,22H2,(H,25,26,27,28). The van der Waals surface area contributed by atoms with Crippen LogP contribution in [0.15, 0.2) is 49.1 Å². The van der Waals surface area contributed by atoms with Crippen LogP contribution in [-0.4, -0.2) is 59.4 Å². The summed E-state index contributed by atoms with van der Waals surface area (Å²) in [5.74, 6) is 6.06. The lowest BCUT2D eigenvalue weighted by Crippen LogP contribution is -2.36. The van der Waals surface area contributed by atoms with Crippen molar-refractivity contribution in [3.05, 3.63) is 49.1 Å². The van der Waals surface area contributed by atoms with Crippen LogP contribution in [0, 0.1) is 0 Å². The molecule has 1 fully saturated rings. The van der Waals surface area contributed by atoms with Crippen LogP contribution in [0.25, 0.3) is 11.4 Å². The number of hydrogen-bond donors (Lipinski definition) is 3. The number of morpholine rings is 1. The SMILES string of the molecule is NOCCCNc1cncc(-c2ncnc(Nc3ccc(N4CCOCC4)cc3)n2)c1. The van der Waals surface area contributed by atoms with E-state index in [1.807, 2.05) is 18.2 Å². The number of nitrogens with zero attached hydrogens (tertiary/aromatic N) is 5. The number of hydrogen-bond acceptors (Lipinski definition) is 10. The van der Waals surface area contributed by atoms with E-state index < -0.39 is 0 Å². The summed E-state index contributed by atoms with van der Waals surface area (Å²) in [6.45, 7) is 4.57. The van der Waals surface area contributed by atoms with Crippen molar-refractivity contribution in [3.8, 4) is 11.4 Å². The van der Waals surface area contributed by atoms with Crippen LogP contribution in [0.5, 0.6) is 0 Å². The van der Waals surface area contributed by atoms with E-state index in [9.17, 15) is 0 Å². The summed E-state index contributed by atoms with van der Waals surface area (Å²) in [5.41, 5.74) is 3.76. The van der Waals surface area contributed by atoms with Crippen molar-refractivity contribution in [2.45, 2.75) is 6.42 Å². The maximum atomic E-state index is 5.41. The highest BCUT2D eigenvalue weighted by atomic mass is 16.6. The summed E-state index contributed by atoms with van der Waals surface area (Å²) in [4.78, 5) is 24.2. The smallest absolute Gasteiger partial charge is 0.230 e. The molecule has 4 rings (SSSR count). The van der Waals surface area contributed by atoms with Gasteiger partial charge >= 0.3 is 0 Å². The van der Waals surface area contributed by atoms with Crippen LogP contribution in [0.2, 0.25) is 0 Å². The lowest BCUT2D eigenvalue weighted by Gasteiger charge is -2.28. The molecule has 10 nitrogen and oxygen atoms in total. The molecule has 0 radical (unpaired) electrons. The number of ether oxygens (including phenoxy) is 1. The summed E-state index contributed by atoms with van der Waals surface area (Å²) >= 11 is 0. The Balaban J connectivity index is 1.41. The van der Waals surface area contributed by atoms with E-state index >= 15 is 0 Å². The molecule has 31 heavy (non-hydrogen) atoms. The molecule has 1 aliphatic heterocycles. The van der Waals surface area contributed by atoms with Crippen molar-refractivity contribution in [1.29, 1.82) is 0 Å². The van der Waals surface area contributed by atoms with E-state index in [1.54, 1.807) is 12.4 Å². The molecule has 10 heteroatoms. The first-order valence-corrected chi connectivity index (χ1v) is 10.2. The number of benzene rings is 1. The van der Waals surface area contributed by atoms with Crippen LogP contribution in [0.1, 0.15) is 6.42 Å². The maximum absolute atomic E-state index is 5.41. The van der Waals surface area contributed by atoms with Gasteiger partial charge in [-0.25, -0.2) is 15.9 Å². The van der Waals surface area contributed by atoms with E-state index in [4.69, 9.17) is 10.6 Å². The molecule has 162 valence electrons. The van der Waals surface area contributed by atoms with Gasteiger partial charge in [-0.15, -0.1) is 0 Å². The van der Waals surface area contributed by atoms with Crippen molar-refractivity contribution in [1.82, 2.24) is 19.9 Å². The second kappa shape index (κ2) is 10.6. The Morgan fingerprint density at radius 3 is 2.71 bits per heavy atom. The quantitative estimate of drug-likeness (QED) is 0.349. The molecule has 1 aliphatic rings. The van der Waals surface area contributed by atoms with E-state index in [0.29, 0.717) is 18.4 Å². The summed E-state index contributed by atoms with van der Waals surface area (Å²) in [5, 5.41) is 6.52. The molecule has 0 amide bonds. The van der Waals surface area contributed by atoms with Gasteiger partial charge in [0.1, 0.15) is 6.33 Å². The average Bonchev–Trinajstić information content (AvgIpc) is 2.83. The van der Waals surface area contributed by atoms with E-state index in [-0.39, 0.29) is 0 Å². The topological polar surface area (TPSA) is 123 Å². The fourth-order valence-electron chi connectivity index (χ4n) is 3.25. The average molecular weight is 422 g/mol. The van der Waals surface area contributed by atoms with Crippen molar-refractivity contribution >= 4 is 23.0 Å². The zero-order valence-corrected chi connectivity index (χ0v) is 17.2. The van der Waals surface area contributed by atoms with Crippen molar-refractivity contribution in [3.63, 3.8) is 0 Å². The molecule has 0 saturated carbocycles. The minimum Gasteiger partial charge on any atom is -0.384 e. The first-order chi connectivity index (χ1) is 15.3. The molecule has 2 aromatic heterocycles. The Kier molecular flexibility index (Phi) is 7.16. The lowest BCUT2D eigenvalue weighted by atomic mass is 10.2. The van der Waals surface area contributed by atoms with Gasteiger partial charge in [-0.3, -0.25) is 4.98 Å². The number of nitrogens with one attached hydrogen (secondary N) is 2. The van der Waals surface area contributed by atoms with Gasteiger partial charge in [-0.05, 0) is 36.8 Å². The third kappa shape index (κ3) is 5.85. The number of nitrogens with two attached hydrogens (primary N) is 1. The predicted octanol–water partition coefficient (Wildman–Crippen LogP) is 2.21. The van der Waals surface area contributed by atoms with Crippen LogP contribution in [-0.2, 0) is 9.57 Å². The van der Waals surface area contributed by atoms with Gasteiger partial charge in [0.05, 0.1) is 25.5 Å². The Hall–Kier alpha value is -3.34. The third-order valence-electron chi connectivity index (χ3n) is 4.84. The van der Waals surface area contributed by atoms with Crippen LogP contribution < -0.4 is 21.4 Å². The zero-order valence-electron chi connectivity index (χ0n) is 17.2. The fourth-order valence-corrected chi connectivity index (χ4v) is 3.25. The Labute approximate surface area is 180 Å². The van der Waals surface area contributed by atoms with E-state index in [2.05, 4.69) is 52.4 Å². The van der Waals surface area contributed by atoms with Gasteiger partial charge in [0.25, 0.3) is 0 Å². The minimum absolute atomic E-state index is 0.475. The fraction of sp³-hybridized carbons (Fsp3) is 0.333. The van der Waals surface area contributed by atoms with Gasteiger partial charge < -0.3 is 25.1 Å². The molecule has 0 bridgehead atoms. The molecule has 4 N–H and O–H groups in total. The third-order valence-corrected chi connectivity index (χ3v) is 4.84. The highest BCUT2D eigenvalue weighted by Gasteiger charge is 2.11. The Bertz CT molecular complexity index is 964. The molecular formula is C21H26N8O2. The predicted molar refractivity (Wildman–Crippen MR) is 119 cm³/mol.